The minimum Gasteiger partial charge on any atom is -0.458 e. The van der Waals surface area contributed by atoms with Gasteiger partial charge in [-0.2, -0.15) is 0 Å². The lowest BCUT2D eigenvalue weighted by atomic mass is 9.81. The number of hydrogen-bond acceptors (Lipinski definition) is 7. The van der Waals surface area contributed by atoms with Gasteiger partial charge in [0.15, 0.2) is 0 Å². The maximum Gasteiger partial charge on any atom is 0.336 e. The second-order valence-electron chi connectivity index (χ2n) is 7.53. The Morgan fingerprint density at radius 1 is 1.21 bits per heavy atom. The number of esters is 3. The lowest BCUT2D eigenvalue weighted by Gasteiger charge is -2.28. The van der Waals surface area contributed by atoms with Gasteiger partial charge in [0.1, 0.15) is 18.3 Å². The number of hydrogen-bond donors (Lipinski definition) is 1. The molecule has 6 unspecified atom stereocenters. The molecule has 7 heteroatoms. The van der Waals surface area contributed by atoms with E-state index in [1.807, 2.05) is 0 Å². The summed E-state index contributed by atoms with van der Waals surface area (Å²) in [6, 6.07) is 0. The molecule has 1 heterocycles. The fourth-order valence-electron chi connectivity index (χ4n) is 4.46. The molecule has 0 amide bonds. The zero-order chi connectivity index (χ0) is 20.7. The van der Waals surface area contributed by atoms with Crippen LogP contribution in [0.3, 0.4) is 0 Å². The van der Waals surface area contributed by atoms with Crippen molar-refractivity contribution in [2.45, 2.75) is 38.1 Å². The minimum absolute atomic E-state index is 0.0817. The van der Waals surface area contributed by atoms with Crippen molar-refractivity contribution in [3.63, 3.8) is 0 Å². The molecule has 1 saturated heterocycles. The van der Waals surface area contributed by atoms with Crippen molar-refractivity contribution in [3.8, 4) is 0 Å². The third kappa shape index (κ3) is 3.30. The average Bonchev–Trinajstić information content (AvgIpc) is 3.06. The van der Waals surface area contributed by atoms with Crippen LogP contribution in [0.2, 0.25) is 0 Å². The van der Waals surface area contributed by atoms with Gasteiger partial charge in [0, 0.05) is 24.8 Å². The molecule has 1 aliphatic heterocycles. The molecule has 2 saturated carbocycles. The molecule has 28 heavy (non-hydrogen) atoms. The highest BCUT2D eigenvalue weighted by molar-refractivity contribution is 5.92. The Balaban J connectivity index is 1.94. The molecule has 2 aliphatic carbocycles. The molecule has 7 nitrogen and oxygen atoms in total. The predicted octanol–water partition coefficient (Wildman–Crippen LogP) is 1.63. The number of carbonyl (C=O) groups excluding carboxylic acids is 3. The molecule has 3 aliphatic rings. The maximum atomic E-state index is 12.3. The lowest BCUT2D eigenvalue weighted by molar-refractivity contribution is -0.149. The van der Waals surface area contributed by atoms with Crippen LogP contribution in [0.15, 0.2) is 48.6 Å². The molecule has 3 rings (SSSR count). The summed E-state index contributed by atoms with van der Waals surface area (Å²) in [5.41, 5.74) is 1.59. The topological polar surface area (TPSA) is 99.1 Å². The van der Waals surface area contributed by atoms with Crippen LogP contribution >= 0.6 is 0 Å². The highest BCUT2D eigenvalue weighted by atomic mass is 16.6. The molecule has 1 N–H and O–H groups in total. The highest BCUT2D eigenvalue weighted by Crippen LogP contribution is 2.53. The van der Waals surface area contributed by atoms with Crippen LogP contribution in [0.5, 0.6) is 0 Å². The van der Waals surface area contributed by atoms with Gasteiger partial charge >= 0.3 is 17.9 Å². The molecule has 3 fully saturated rings. The molecular formula is C21H24O7. The molecule has 0 radical (unpaired) electrons. The van der Waals surface area contributed by atoms with Gasteiger partial charge in [0.05, 0.1) is 18.1 Å². The van der Waals surface area contributed by atoms with E-state index in [2.05, 4.69) is 26.3 Å². The largest absolute Gasteiger partial charge is 0.458 e. The third-order valence-corrected chi connectivity index (χ3v) is 5.79. The number of aliphatic hydroxyl groups excluding tert-OH is 1. The van der Waals surface area contributed by atoms with E-state index in [0.717, 1.165) is 5.57 Å². The molecule has 6 atom stereocenters. The Bertz CT molecular complexity index is 793. The van der Waals surface area contributed by atoms with Gasteiger partial charge in [0.2, 0.25) is 0 Å². The van der Waals surface area contributed by atoms with E-state index >= 15 is 0 Å². The molecule has 0 aromatic heterocycles. The Labute approximate surface area is 163 Å². The lowest BCUT2D eigenvalue weighted by Crippen LogP contribution is -2.36. The minimum atomic E-state index is -0.741. The standard InChI is InChI=1S/C21H24O7/c1-9-6-16(27-20(24)10(2)8-22)18-12(4)21(25)28-19(18)17-11(3)15(7-14(9)17)26-13(5)23/h14-19,22H,1-4,6-8H2,5H3. The number of carbonyl (C=O) groups is 3. The quantitative estimate of drug-likeness (QED) is 0.338. The van der Waals surface area contributed by atoms with E-state index in [9.17, 15) is 14.4 Å². The van der Waals surface area contributed by atoms with Crippen LogP contribution in [0, 0.1) is 17.8 Å². The fourth-order valence-corrected chi connectivity index (χ4v) is 4.46. The summed E-state index contributed by atoms with van der Waals surface area (Å²) in [7, 11) is 0. The summed E-state index contributed by atoms with van der Waals surface area (Å²) in [6.45, 7) is 16.4. The molecule has 0 bridgehead atoms. The molecule has 0 aromatic rings. The summed E-state index contributed by atoms with van der Waals surface area (Å²) in [5, 5.41) is 9.12. The fraction of sp³-hybridized carbons (Fsp3) is 0.476. The van der Waals surface area contributed by atoms with Crippen LogP contribution in [-0.4, -0.2) is 47.9 Å². The normalized spacial score (nSPS) is 34.2. The summed E-state index contributed by atoms with van der Waals surface area (Å²) in [5.74, 6) is -2.72. The van der Waals surface area contributed by atoms with Gasteiger partial charge in [-0.05, 0) is 17.9 Å². The van der Waals surface area contributed by atoms with Crippen molar-refractivity contribution in [3.05, 3.63) is 48.6 Å². The molecule has 150 valence electrons. The Hall–Kier alpha value is -2.67. The van der Waals surface area contributed by atoms with Crippen molar-refractivity contribution in [1.29, 1.82) is 0 Å². The smallest absolute Gasteiger partial charge is 0.336 e. The number of ether oxygens (including phenoxy) is 3. The van der Waals surface area contributed by atoms with Crippen LogP contribution in [-0.2, 0) is 28.6 Å². The summed E-state index contributed by atoms with van der Waals surface area (Å²) in [4.78, 5) is 35.9. The SMILES string of the molecule is C=C(CO)C(=O)OC1CC(=C)C2CC(OC(C)=O)C(=C)C2C2OC(=O)C(=C)C12. The monoisotopic (exact) mass is 388 g/mol. The van der Waals surface area contributed by atoms with Crippen molar-refractivity contribution >= 4 is 17.9 Å². The molecular weight excluding hydrogens is 364 g/mol. The van der Waals surface area contributed by atoms with Gasteiger partial charge in [-0.25, -0.2) is 9.59 Å². The Morgan fingerprint density at radius 2 is 1.89 bits per heavy atom. The molecule has 0 aromatic carbocycles. The van der Waals surface area contributed by atoms with E-state index in [0.29, 0.717) is 18.4 Å². The van der Waals surface area contributed by atoms with E-state index in [1.54, 1.807) is 0 Å². The summed E-state index contributed by atoms with van der Waals surface area (Å²) in [6.07, 6.45) is -1.07. The third-order valence-electron chi connectivity index (χ3n) is 5.79. The second kappa shape index (κ2) is 7.39. The van der Waals surface area contributed by atoms with E-state index in [1.165, 1.54) is 6.92 Å². The average molecular weight is 388 g/mol. The van der Waals surface area contributed by atoms with Crippen LogP contribution in [0.4, 0.5) is 0 Å². The zero-order valence-electron chi connectivity index (χ0n) is 15.8. The second-order valence-corrected chi connectivity index (χ2v) is 7.53. The predicted molar refractivity (Wildman–Crippen MR) is 98.7 cm³/mol. The van der Waals surface area contributed by atoms with Gasteiger partial charge in [-0.1, -0.05) is 31.9 Å². The first-order valence-corrected chi connectivity index (χ1v) is 9.08. The summed E-state index contributed by atoms with van der Waals surface area (Å²) >= 11 is 0. The van der Waals surface area contributed by atoms with Crippen LogP contribution in [0.25, 0.3) is 0 Å². The van der Waals surface area contributed by atoms with Crippen molar-refractivity contribution < 1.29 is 33.7 Å². The van der Waals surface area contributed by atoms with E-state index in [4.69, 9.17) is 19.3 Å². The van der Waals surface area contributed by atoms with Crippen LogP contribution in [0.1, 0.15) is 19.8 Å². The number of rotatable bonds is 4. The first-order chi connectivity index (χ1) is 13.1. The Kier molecular flexibility index (Phi) is 5.30. The van der Waals surface area contributed by atoms with E-state index < -0.39 is 48.7 Å². The number of fused-ring (bicyclic) bond motifs is 3. The van der Waals surface area contributed by atoms with Gasteiger partial charge in [-0.15, -0.1) is 0 Å². The first kappa shape index (κ1) is 20.1. The van der Waals surface area contributed by atoms with Crippen molar-refractivity contribution in [2.24, 2.45) is 17.8 Å². The highest BCUT2D eigenvalue weighted by Gasteiger charge is 2.57. The first-order valence-electron chi connectivity index (χ1n) is 9.08. The Morgan fingerprint density at radius 3 is 2.50 bits per heavy atom. The molecule has 0 spiro atoms. The number of aliphatic hydroxyl groups is 1. The van der Waals surface area contributed by atoms with Gasteiger partial charge in [-0.3, -0.25) is 4.79 Å². The summed E-state index contributed by atoms with van der Waals surface area (Å²) < 4.78 is 16.5. The van der Waals surface area contributed by atoms with Crippen molar-refractivity contribution in [1.82, 2.24) is 0 Å². The maximum absolute atomic E-state index is 12.3. The van der Waals surface area contributed by atoms with Gasteiger partial charge < -0.3 is 19.3 Å². The zero-order valence-corrected chi connectivity index (χ0v) is 15.8. The van der Waals surface area contributed by atoms with Crippen molar-refractivity contribution in [2.75, 3.05) is 6.61 Å². The van der Waals surface area contributed by atoms with Crippen LogP contribution < -0.4 is 0 Å². The van der Waals surface area contributed by atoms with E-state index in [-0.39, 0.29) is 23.0 Å². The van der Waals surface area contributed by atoms with Gasteiger partial charge in [0.25, 0.3) is 0 Å².